The lowest BCUT2D eigenvalue weighted by Crippen LogP contribution is -2.38. The van der Waals surface area contributed by atoms with Crippen molar-refractivity contribution in [2.24, 2.45) is 7.05 Å². The second-order valence-corrected chi connectivity index (χ2v) is 11.0. The Morgan fingerprint density at radius 3 is 2.55 bits per heavy atom. The predicted octanol–water partition coefficient (Wildman–Crippen LogP) is 4.72. The molecular weight excluding hydrogens is 526 g/mol. The van der Waals surface area contributed by atoms with Crippen molar-refractivity contribution >= 4 is 17.9 Å². The lowest BCUT2D eigenvalue weighted by molar-refractivity contribution is -0.118. The molecule has 1 saturated heterocycles. The third kappa shape index (κ3) is 4.97. The van der Waals surface area contributed by atoms with Crippen LogP contribution in [0.2, 0.25) is 0 Å². The quantitative estimate of drug-likeness (QED) is 0.310. The molecule has 0 unspecified atom stereocenters. The zero-order valence-electron chi connectivity index (χ0n) is 22.4. The lowest BCUT2D eigenvalue weighted by atomic mass is 9.92. The number of benzene rings is 1. The number of aryl methyl sites for hydroxylation is 2. The van der Waals surface area contributed by atoms with Crippen LogP contribution < -0.4 is 4.90 Å². The molecule has 12 heteroatoms. The van der Waals surface area contributed by atoms with Crippen molar-refractivity contribution in [1.29, 1.82) is 0 Å². The second-order valence-electron chi connectivity index (χ2n) is 11.0. The van der Waals surface area contributed by atoms with Crippen LogP contribution >= 0.6 is 0 Å². The minimum atomic E-state index is -2.67. The number of hydrogen-bond acceptors (Lipinski definition) is 5. The summed E-state index contributed by atoms with van der Waals surface area (Å²) in [4.78, 5) is 17.2. The number of anilines is 2. The number of halogens is 4. The van der Waals surface area contributed by atoms with Gasteiger partial charge in [-0.3, -0.25) is 19.1 Å². The molecule has 3 aromatic rings. The van der Waals surface area contributed by atoms with Gasteiger partial charge in [0.2, 0.25) is 6.41 Å². The molecule has 1 aromatic carbocycles. The highest BCUT2D eigenvalue weighted by Crippen LogP contribution is 2.43. The van der Waals surface area contributed by atoms with Gasteiger partial charge in [0, 0.05) is 73.9 Å². The van der Waals surface area contributed by atoms with Crippen LogP contribution in [0.5, 0.6) is 0 Å². The van der Waals surface area contributed by atoms with E-state index in [1.54, 1.807) is 40.0 Å². The van der Waals surface area contributed by atoms with E-state index in [2.05, 4.69) is 5.10 Å². The first-order valence-corrected chi connectivity index (χ1v) is 13.8. The standard InChI is InChI=1S/C28H33F4N7O/c1-35-14-19(13-33-35)21-11-18-3-2-7-38(25(18)12-22(21)27(31)32)28-23-15-37(17-40)10-6-24(23)39(34-28)20-4-8-36(9-5-20)16-26(29)30/h11-14,17,20,26-27H,2-10,15-16H2,1H3. The number of hydrogen-bond donors (Lipinski definition) is 0. The van der Waals surface area contributed by atoms with Crippen molar-refractivity contribution in [3.63, 3.8) is 0 Å². The average Bonchev–Trinajstić information content (AvgIpc) is 3.55. The molecule has 0 N–H and O–H groups in total. The number of piperidine rings is 1. The zero-order valence-corrected chi connectivity index (χ0v) is 22.4. The van der Waals surface area contributed by atoms with Gasteiger partial charge in [0.05, 0.1) is 25.3 Å². The van der Waals surface area contributed by atoms with E-state index < -0.39 is 12.9 Å². The summed E-state index contributed by atoms with van der Waals surface area (Å²) in [6.45, 7) is 2.52. The van der Waals surface area contributed by atoms with Crippen LogP contribution in [0.25, 0.3) is 11.1 Å². The van der Waals surface area contributed by atoms with E-state index in [0.717, 1.165) is 41.8 Å². The lowest BCUT2D eigenvalue weighted by Gasteiger charge is -2.33. The Bertz CT molecular complexity index is 1380. The highest BCUT2D eigenvalue weighted by molar-refractivity contribution is 5.77. The van der Waals surface area contributed by atoms with Crippen molar-refractivity contribution in [2.45, 2.75) is 57.5 Å². The zero-order chi connectivity index (χ0) is 28.0. The molecule has 8 nitrogen and oxygen atoms in total. The number of nitrogens with zero attached hydrogens (tertiary/aromatic N) is 7. The third-order valence-corrected chi connectivity index (χ3v) is 8.42. The number of amides is 1. The molecule has 0 aliphatic carbocycles. The van der Waals surface area contributed by atoms with Gasteiger partial charge in [-0.2, -0.15) is 10.2 Å². The Kier molecular flexibility index (Phi) is 7.28. The predicted molar refractivity (Wildman–Crippen MR) is 142 cm³/mol. The van der Waals surface area contributed by atoms with Gasteiger partial charge in [0.15, 0.2) is 5.82 Å². The third-order valence-electron chi connectivity index (χ3n) is 8.42. The normalized spacial score (nSPS) is 18.5. The van der Waals surface area contributed by atoms with Crippen LogP contribution in [-0.4, -0.2) is 74.9 Å². The molecule has 1 fully saturated rings. The highest BCUT2D eigenvalue weighted by atomic mass is 19.3. The summed E-state index contributed by atoms with van der Waals surface area (Å²) in [6, 6.07) is 3.52. The molecule has 3 aliphatic rings. The van der Waals surface area contributed by atoms with Crippen molar-refractivity contribution in [3.8, 4) is 11.1 Å². The molecule has 40 heavy (non-hydrogen) atoms. The summed E-state index contributed by atoms with van der Waals surface area (Å²) < 4.78 is 58.2. The first-order chi connectivity index (χ1) is 19.3. The summed E-state index contributed by atoms with van der Waals surface area (Å²) in [6.07, 6.45) is 2.81. The maximum atomic E-state index is 14.4. The number of carbonyl (C=O) groups excluding carboxylic acids is 1. The number of aromatic nitrogens is 4. The Morgan fingerprint density at radius 1 is 1.07 bits per heavy atom. The maximum Gasteiger partial charge on any atom is 0.264 e. The Hall–Kier alpha value is -3.41. The first kappa shape index (κ1) is 26.8. The van der Waals surface area contributed by atoms with Crippen LogP contribution in [0.3, 0.4) is 0 Å². The fourth-order valence-electron chi connectivity index (χ4n) is 6.46. The topological polar surface area (TPSA) is 62.4 Å². The average molecular weight is 560 g/mol. The van der Waals surface area contributed by atoms with Gasteiger partial charge in [0.1, 0.15) is 0 Å². The summed E-state index contributed by atoms with van der Waals surface area (Å²) in [7, 11) is 1.76. The largest absolute Gasteiger partial charge is 0.340 e. The van der Waals surface area contributed by atoms with E-state index in [9.17, 15) is 22.4 Å². The summed E-state index contributed by atoms with van der Waals surface area (Å²) in [5, 5.41) is 9.26. The maximum absolute atomic E-state index is 14.4. The van der Waals surface area contributed by atoms with Gasteiger partial charge in [0.25, 0.3) is 12.9 Å². The van der Waals surface area contributed by atoms with Crippen LogP contribution in [-0.2, 0) is 31.2 Å². The molecule has 0 saturated carbocycles. The summed E-state index contributed by atoms with van der Waals surface area (Å²) >= 11 is 0. The Labute approximate surface area is 230 Å². The SMILES string of the molecule is Cn1cc(-c2cc3c(cc2C(F)F)N(c2nn(C4CCN(CC(F)F)CC4)c4c2CN(C=O)CC4)CCC3)cn1. The first-order valence-electron chi connectivity index (χ1n) is 13.8. The van der Waals surface area contributed by atoms with Gasteiger partial charge >= 0.3 is 0 Å². The van der Waals surface area contributed by atoms with Crippen LogP contribution in [0.4, 0.5) is 29.1 Å². The molecule has 0 atom stereocenters. The van der Waals surface area contributed by atoms with Crippen LogP contribution in [0.15, 0.2) is 24.5 Å². The van der Waals surface area contributed by atoms with Gasteiger partial charge in [-0.05, 0) is 48.9 Å². The number of carbonyl (C=O) groups is 1. The fraction of sp³-hybridized carbons (Fsp3) is 0.536. The molecule has 0 spiro atoms. The van der Waals surface area contributed by atoms with Gasteiger partial charge in [-0.25, -0.2) is 17.6 Å². The molecular formula is C28H33F4N7O. The Morgan fingerprint density at radius 2 is 1.88 bits per heavy atom. The molecule has 0 radical (unpaired) electrons. The van der Waals surface area contributed by atoms with E-state index >= 15 is 0 Å². The van der Waals surface area contributed by atoms with E-state index in [1.165, 1.54) is 0 Å². The number of rotatable bonds is 7. The molecule has 1 amide bonds. The van der Waals surface area contributed by atoms with Crippen LogP contribution in [0, 0.1) is 0 Å². The van der Waals surface area contributed by atoms with Gasteiger partial charge in [-0.1, -0.05) is 0 Å². The number of alkyl halides is 4. The van der Waals surface area contributed by atoms with Crippen molar-refractivity contribution in [1.82, 2.24) is 29.4 Å². The molecule has 3 aliphatic heterocycles. The van der Waals surface area contributed by atoms with Gasteiger partial charge in [-0.15, -0.1) is 0 Å². The van der Waals surface area contributed by atoms with Crippen molar-refractivity contribution in [3.05, 3.63) is 46.9 Å². The summed E-state index contributed by atoms with van der Waals surface area (Å²) in [5.41, 5.74) is 4.77. The minimum absolute atomic E-state index is 0.0483. The van der Waals surface area contributed by atoms with E-state index in [0.29, 0.717) is 68.9 Å². The Balaban J connectivity index is 1.39. The van der Waals surface area contributed by atoms with Crippen molar-refractivity contribution < 1.29 is 22.4 Å². The monoisotopic (exact) mass is 559 g/mol. The minimum Gasteiger partial charge on any atom is -0.340 e. The highest BCUT2D eigenvalue weighted by Gasteiger charge is 2.34. The fourth-order valence-corrected chi connectivity index (χ4v) is 6.46. The second kappa shape index (κ2) is 10.9. The summed E-state index contributed by atoms with van der Waals surface area (Å²) in [5.74, 6) is 0.701. The molecule has 5 heterocycles. The molecule has 2 aromatic heterocycles. The van der Waals surface area contributed by atoms with E-state index in [-0.39, 0.29) is 18.2 Å². The molecule has 214 valence electrons. The smallest absolute Gasteiger partial charge is 0.264 e. The molecule has 0 bridgehead atoms. The molecule has 6 rings (SSSR count). The van der Waals surface area contributed by atoms with Gasteiger partial charge < -0.3 is 9.80 Å². The number of likely N-dealkylation sites (tertiary alicyclic amines) is 1. The van der Waals surface area contributed by atoms with E-state index in [4.69, 9.17) is 5.10 Å². The number of fused-ring (bicyclic) bond motifs is 2. The van der Waals surface area contributed by atoms with Crippen molar-refractivity contribution in [2.75, 3.05) is 37.6 Å². The van der Waals surface area contributed by atoms with Crippen LogP contribution in [0.1, 0.15) is 54.1 Å². The van der Waals surface area contributed by atoms with E-state index in [1.807, 2.05) is 15.6 Å².